The molecule has 0 bridgehead atoms. The van der Waals surface area contributed by atoms with E-state index in [0.717, 1.165) is 23.5 Å². The largest absolute Gasteiger partial charge is 0.366 e. The molecule has 0 unspecified atom stereocenters. The van der Waals surface area contributed by atoms with Gasteiger partial charge in [0.05, 0.1) is 17.9 Å². The Morgan fingerprint density at radius 2 is 1.96 bits per heavy atom. The van der Waals surface area contributed by atoms with Crippen LogP contribution in [-0.4, -0.2) is 49.2 Å². The third-order valence-electron chi connectivity index (χ3n) is 4.63. The summed E-state index contributed by atoms with van der Waals surface area (Å²) in [6.45, 7) is 7.10. The van der Waals surface area contributed by atoms with Crippen molar-refractivity contribution in [1.82, 2.24) is 15.4 Å². The normalized spacial score (nSPS) is 15.6. The number of nitrogens with one attached hydrogen (secondary N) is 1. The number of hydrogen-bond acceptors (Lipinski definition) is 4. The number of rotatable bonds is 4. The van der Waals surface area contributed by atoms with Crippen molar-refractivity contribution in [3.63, 3.8) is 0 Å². The molecule has 6 nitrogen and oxygen atoms in total. The first-order chi connectivity index (χ1) is 13.0. The monoisotopic (exact) mass is 377 g/mol. The van der Waals surface area contributed by atoms with Gasteiger partial charge in [-0.3, -0.25) is 4.99 Å². The van der Waals surface area contributed by atoms with Crippen molar-refractivity contribution in [2.24, 2.45) is 4.99 Å². The Hall–Kier alpha value is -2.64. The van der Waals surface area contributed by atoms with Crippen molar-refractivity contribution >= 4 is 11.6 Å². The number of piperazine rings is 1. The van der Waals surface area contributed by atoms with Gasteiger partial charge < -0.3 is 19.6 Å². The summed E-state index contributed by atoms with van der Waals surface area (Å²) in [7, 11) is 1.72. The van der Waals surface area contributed by atoms with Crippen LogP contribution in [0, 0.1) is 11.6 Å². The van der Waals surface area contributed by atoms with Crippen LogP contribution in [0.3, 0.4) is 0 Å². The summed E-state index contributed by atoms with van der Waals surface area (Å²) >= 11 is 0. The predicted octanol–water partition coefficient (Wildman–Crippen LogP) is 2.97. The molecule has 1 aliphatic heterocycles. The molecule has 0 aliphatic carbocycles. The SMILES string of the molecule is CN=C(NCc1cc(C(C)C)no1)N1CCN(c2cc(F)ccc2F)CC1. The molecule has 1 aliphatic rings. The molecule has 0 spiro atoms. The summed E-state index contributed by atoms with van der Waals surface area (Å²) in [4.78, 5) is 8.26. The van der Waals surface area contributed by atoms with Gasteiger partial charge in [-0.25, -0.2) is 8.78 Å². The number of guanidine groups is 1. The molecule has 0 amide bonds. The molecule has 146 valence electrons. The fourth-order valence-electron chi connectivity index (χ4n) is 3.07. The number of aromatic nitrogens is 1. The van der Waals surface area contributed by atoms with Crippen LogP contribution in [0.5, 0.6) is 0 Å². The highest BCUT2D eigenvalue weighted by molar-refractivity contribution is 5.80. The summed E-state index contributed by atoms with van der Waals surface area (Å²) in [6, 6.07) is 5.49. The average Bonchev–Trinajstić information content (AvgIpc) is 3.14. The highest BCUT2D eigenvalue weighted by Crippen LogP contribution is 2.22. The number of benzene rings is 1. The number of nitrogens with zero attached hydrogens (tertiary/aromatic N) is 4. The van der Waals surface area contributed by atoms with Crippen LogP contribution in [0.4, 0.5) is 14.5 Å². The zero-order chi connectivity index (χ0) is 19.4. The van der Waals surface area contributed by atoms with E-state index in [1.165, 1.54) is 12.1 Å². The van der Waals surface area contributed by atoms with E-state index >= 15 is 0 Å². The molecule has 8 heteroatoms. The zero-order valence-corrected chi connectivity index (χ0v) is 15.9. The Bertz CT molecular complexity index is 797. The third-order valence-corrected chi connectivity index (χ3v) is 4.63. The van der Waals surface area contributed by atoms with E-state index in [1.54, 1.807) is 7.05 Å². The molecular formula is C19H25F2N5O. The van der Waals surface area contributed by atoms with Crippen molar-refractivity contribution in [3.8, 4) is 0 Å². The van der Waals surface area contributed by atoms with E-state index in [2.05, 4.69) is 34.2 Å². The Morgan fingerprint density at radius 3 is 2.59 bits per heavy atom. The lowest BCUT2D eigenvalue weighted by Gasteiger charge is -2.37. The second kappa shape index (κ2) is 8.37. The third kappa shape index (κ3) is 4.56. The summed E-state index contributed by atoms with van der Waals surface area (Å²) in [5, 5.41) is 7.32. The van der Waals surface area contributed by atoms with Crippen molar-refractivity contribution < 1.29 is 13.3 Å². The molecule has 2 aromatic rings. The smallest absolute Gasteiger partial charge is 0.194 e. The Balaban J connectivity index is 1.56. The van der Waals surface area contributed by atoms with Crippen molar-refractivity contribution in [2.45, 2.75) is 26.3 Å². The maximum Gasteiger partial charge on any atom is 0.194 e. The van der Waals surface area contributed by atoms with Crippen LogP contribution in [0.2, 0.25) is 0 Å². The summed E-state index contributed by atoms with van der Waals surface area (Å²) in [5.41, 5.74) is 1.23. The first-order valence-electron chi connectivity index (χ1n) is 9.09. The second-order valence-corrected chi connectivity index (χ2v) is 6.84. The molecule has 2 heterocycles. The molecule has 3 rings (SSSR count). The molecule has 0 saturated carbocycles. The standard InChI is InChI=1S/C19H25F2N5O/c1-13(2)17-11-15(27-24-17)12-23-19(22-3)26-8-6-25(7-9-26)18-10-14(20)4-5-16(18)21/h4-5,10-11,13H,6-9,12H2,1-3H3,(H,22,23). The minimum absolute atomic E-state index is 0.306. The molecule has 0 radical (unpaired) electrons. The summed E-state index contributed by atoms with van der Waals surface area (Å²) < 4.78 is 32.7. The minimum atomic E-state index is -0.431. The Morgan fingerprint density at radius 1 is 1.22 bits per heavy atom. The van der Waals surface area contributed by atoms with Gasteiger partial charge in [-0.15, -0.1) is 0 Å². The molecule has 1 saturated heterocycles. The van der Waals surface area contributed by atoms with E-state index in [-0.39, 0.29) is 0 Å². The Labute approximate surface area is 157 Å². The van der Waals surface area contributed by atoms with Gasteiger partial charge in [-0.05, 0) is 18.1 Å². The van der Waals surface area contributed by atoms with E-state index in [9.17, 15) is 8.78 Å². The molecule has 1 aromatic carbocycles. The lowest BCUT2D eigenvalue weighted by Crippen LogP contribution is -2.52. The van der Waals surface area contributed by atoms with Gasteiger partial charge in [0.25, 0.3) is 0 Å². The van der Waals surface area contributed by atoms with Crippen LogP contribution < -0.4 is 10.2 Å². The van der Waals surface area contributed by atoms with Gasteiger partial charge in [0.2, 0.25) is 0 Å². The van der Waals surface area contributed by atoms with E-state index in [4.69, 9.17) is 4.52 Å². The highest BCUT2D eigenvalue weighted by Gasteiger charge is 2.22. The molecule has 1 N–H and O–H groups in total. The molecular weight excluding hydrogens is 352 g/mol. The van der Waals surface area contributed by atoms with Crippen LogP contribution in [0.1, 0.15) is 31.2 Å². The van der Waals surface area contributed by atoms with Gasteiger partial charge in [0, 0.05) is 45.4 Å². The number of halogens is 2. The number of hydrogen-bond donors (Lipinski definition) is 1. The van der Waals surface area contributed by atoms with Gasteiger partial charge in [0.15, 0.2) is 11.7 Å². The highest BCUT2D eigenvalue weighted by atomic mass is 19.1. The lowest BCUT2D eigenvalue weighted by molar-refractivity contribution is 0.354. The zero-order valence-electron chi connectivity index (χ0n) is 15.9. The first kappa shape index (κ1) is 19.1. The summed E-state index contributed by atoms with van der Waals surface area (Å²) in [5.74, 6) is 0.980. The van der Waals surface area contributed by atoms with Gasteiger partial charge in [0.1, 0.15) is 11.6 Å². The maximum absolute atomic E-state index is 14.0. The Kier molecular flexibility index (Phi) is 5.93. The van der Waals surface area contributed by atoms with Crippen LogP contribution in [0.25, 0.3) is 0 Å². The van der Waals surface area contributed by atoms with Gasteiger partial charge >= 0.3 is 0 Å². The molecule has 1 fully saturated rings. The predicted molar refractivity (Wildman–Crippen MR) is 101 cm³/mol. The van der Waals surface area contributed by atoms with Crippen LogP contribution in [-0.2, 0) is 6.54 Å². The van der Waals surface area contributed by atoms with Gasteiger partial charge in [-0.1, -0.05) is 19.0 Å². The van der Waals surface area contributed by atoms with Gasteiger partial charge in [-0.2, -0.15) is 0 Å². The second-order valence-electron chi connectivity index (χ2n) is 6.84. The van der Waals surface area contributed by atoms with E-state index < -0.39 is 11.6 Å². The van der Waals surface area contributed by atoms with Crippen molar-refractivity contribution in [1.29, 1.82) is 0 Å². The van der Waals surface area contributed by atoms with E-state index in [0.29, 0.717) is 44.3 Å². The number of anilines is 1. The molecule has 1 aromatic heterocycles. The van der Waals surface area contributed by atoms with Crippen LogP contribution in [0.15, 0.2) is 33.8 Å². The molecule has 27 heavy (non-hydrogen) atoms. The lowest BCUT2D eigenvalue weighted by atomic mass is 10.1. The quantitative estimate of drug-likeness (QED) is 0.656. The average molecular weight is 377 g/mol. The fourth-order valence-corrected chi connectivity index (χ4v) is 3.07. The topological polar surface area (TPSA) is 56.9 Å². The minimum Gasteiger partial charge on any atom is -0.366 e. The molecule has 0 atom stereocenters. The number of aliphatic imine (C=N–C) groups is 1. The summed E-state index contributed by atoms with van der Waals surface area (Å²) in [6.07, 6.45) is 0. The maximum atomic E-state index is 14.0. The fraction of sp³-hybridized carbons (Fsp3) is 0.474. The van der Waals surface area contributed by atoms with Crippen LogP contribution >= 0.6 is 0 Å². The first-order valence-corrected chi connectivity index (χ1v) is 9.09. The van der Waals surface area contributed by atoms with E-state index in [1.807, 2.05) is 11.0 Å². The van der Waals surface area contributed by atoms with Crippen molar-refractivity contribution in [3.05, 3.63) is 47.4 Å². The van der Waals surface area contributed by atoms with Crippen molar-refractivity contribution in [2.75, 3.05) is 38.1 Å².